The lowest BCUT2D eigenvalue weighted by molar-refractivity contribution is 0.596. The first-order chi connectivity index (χ1) is 5.79. The van der Waals surface area contributed by atoms with E-state index in [-0.39, 0.29) is 11.7 Å². The summed E-state index contributed by atoms with van der Waals surface area (Å²) in [6.45, 7) is 5.71. The standard InChI is InChI=1S/C11H13F/c1-3-9(4-2)10-7-5-6-8-11(10)12/h3,5-9H,1,4H2,2H3. The van der Waals surface area contributed by atoms with E-state index in [9.17, 15) is 4.39 Å². The third-order valence-electron chi connectivity index (χ3n) is 2.03. The van der Waals surface area contributed by atoms with Crippen LogP contribution in [0.25, 0.3) is 0 Å². The molecule has 1 heteroatoms. The lowest BCUT2D eigenvalue weighted by atomic mass is 9.96. The zero-order chi connectivity index (χ0) is 8.97. The summed E-state index contributed by atoms with van der Waals surface area (Å²) in [5.41, 5.74) is 0.745. The summed E-state index contributed by atoms with van der Waals surface area (Å²) in [5.74, 6) is 0.00968. The van der Waals surface area contributed by atoms with E-state index >= 15 is 0 Å². The normalized spacial score (nSPS) is 12.5. The molecule has 0 aliphatic heterocycles. The second-order valence-electron chi connectivity index (χ2n) is 2.77. The highest BCUT2D eigenvalue weighted by atomic mass is 19.1. The zero-order valence-electron chi connectivity index (χ0n) is 7.26. The molecule has 0 nitrogen and oxygen atoms in total. The van der Waals surface area contributed by atoms with Crippen LogP contribution >= 0.6 is 0 Å². The summed E-state index contributed by atoms with van der Waals surface area (Å²) in [7, 11) is 0. The van der Waals surface area contributed by atoms with Gasteiger partial charge in [-0.2, -0.15) is 0 Å². The number of allylic oxidation sites excluding steroid dienone is 1. The van der Waals surface area contributed by atoms with Crippen LogP contribution in [0.3, 0.4) is 0 Å². The van der Waals surface area contributed by atoms with Crippen LogP contribution in [0.1, 0.15) is 24.8 Å². The summed E-state index contributed by atoms with van der Waals surface area (Å²) in [6.07, 6.45) is 2.68. The van der Waals surface area contributed by atoms with Gasteiger partial charge in [-0.25, -0.2) is 4.39 Å². The summed E-state index contributed by atoms with van der Waals surface area (Å²) in [4.78, 5) is 0. The molecule has 0 aromatic heterocycles. The molecule has 1 rings (SSSR count). The Bertz CT molecular complexity index is 265. The van der Waals surface area contributed by atoms with Crippen LogP contribution in [0, 0.1) is 5.82 Å². The van der Waals surface area contributed by atoms with Crippen molar-refractivity contribution in [1.82, 2.24) is 0 Å². The van der Waals surface area contributed by atoms with Crippen molar-refractivity contribution in [2.24, 2.45) is 0 Å². The van der Waals surface area contributed by atoms with Gasteiger partial charge >= 0.3 is 0 Å². The molecule has 0 amide bonds. The van der Waals surface area contributed by atoms with Crippen LogP contribution in [0.15, 0.2) is 36.9 Å². The first-order valence-corrected chi connectivity index (χ1v) is 4.16. The highest BCUT2D eigenvalue weighted by Gasteiger charge is 2.08. The van der Waals surface area contributed by atoms with Crippen LogP contribution in [-0.2, 0) is 0 Å². The van der Waals surface area contributed by atoms with Crippen molar-refractivity contribution in [3.05, 3.63) is 48.3 Å². The van der Waals surface area contributed by atoms with Crippen LogP contribution in [-0.4, -0.2) is 0 Å². The van der Waals surface area contributed by atoms with Gasteiger partial charge in [0, 0.05) is 5.92 Å². The maximum absolute atomic E-state index is 13.2. The minimum Gasteiger partial charge on any atom is -0.207 e. The lowest BCUT2D eigenvalue weighted by Crippen LogP contribution is -1.95. The number of rotatable bonds is 3. The van der Waals surface area contributed by atoms with E-state index in [2.05, 4.69) is 6.58 Å². The quantitative estimate of drug-likeness (QED) is 0.600. The van der Waals surface area contributed by atoms with Gasteiger partial charge < -0.3 is 0 Å². The first-order valence-electron chi connectivity index (χ1n) is 4.16. The molecule has 0 fully saturated rings. The van der Waals surface area contributed by atoms with Gasteiger partial charge in [0.15, 0.2) is 0 Å². The third kappa shape index (κ3) is 1.73. The monoisotopic (exact) mass is 164 g/mol. The number of benzene rings is 1. The fourth-order valence-electron chi connectivity index (χ4n) is 1.29. The lowest BCUT2D eigenvalue weighted by Gasteiger charge is -2.10. The van der Waals surface area contributed by atoms with Gasteiger partial charge in [0.1, 0.15) is 5.82 Å². The van der Waals surface area contributed by atoms with Crippen molar-refractivity contribution in [2.45, 2.75) is 19.3 Å². The molecular weight excluding hydrogens is 151 g/mol. The predicted molar refractivity (Wildman–Crippen MR) is 49.6 cm³/mol. The third-order valence-corrected chi connectivity index (χ3v) is 2.03. The summed E-state index contributed by atoms with van der Waals surface area (Å²) < 4.78 is 13.2. The van der Waals surface area contributed by atoms with E-state index < -0.39 is 0 Å². The minimum atomic E-state index is -0.135. The van der Waals surface area contributed by atoms with Crippen LogP contribution in [0.5, 0.6) is 0 Å². The molecule has 0 aliphatic rings. The van der Waals surface area contributed by atoms with E-state index in [0.29, 0.717) is 0 Å². The Kier molecular flexibility index (Phi) is 3.03. The smallest absolute Gasteiger partial charge is 0.126 e. The van der Waals surface area contributed by atoms with Crippen molar-refractivity contribution in [2.75, 3.05) is 0 Å². The maximum atomic E-state index is 13.2. The Morgan fingerprint density at radius 2 is 2.17 bits per heavy atom. The van der Waals surface area contributed by atoms with E-state index in [0.717, 1.165) is 12.0 Å². The van der Waals surface area contributed by atoms with Gasteiger partial charge in [0.25, 0.3) is 0 Å². The van der Waals surface area contributed by atoms with E-state index in [1.165, 1.54) is 6.07 Å². The molecule has 12 heavy (non-hydrogen) atoms. The molecule has 0 radical (unpaired) electrons. The van der Waals surface area contributed by atoms with Gasteiger partial charge in [-0.1, -0.05) is 31.2 Å². The van der Waals surface area contributed by atoms with Gasteiger partial charge in [0.2, 0.25) is 0 Å². The molecule has 0 spiro atoms. The fraction of sp³-hybridized carbons (Fsp3) is 0.273. The predicted octanol–water partition coefficient (Wildman–Crippen LogP) is 3.51. The molecule has 0 aliphatic carbocycles. The largest absolute Gasteiger partial charge is 0.207 e. The van der Waals surface area contributed by atoms with Crippen LogP contribution in [0.4, 0.5) is 4.39 Å². The van der Waals surface area contributed by atoms with Gasteiger partial charge in [0.05, 0.1) is 0 Å². The molecule has 64 valence electrons. The average Bonchev–Trinajstić information content (AvgIpc) is 2.10. The number of hydrogen-bond acceptors (Lipinski definition) is 0. The summed E-state index contributed by atoms with van der Waals surface area (Å²) >= 11 is 0. The Morgan fingerprint density at radius 3 is 2.67 bits per heavy atom. The topological polar surface area (TPSA) is 0 Å². The maximum Gasteiger partial charge on any atom is 0.126 e. The van der Waals surface area contributed by atoms with Crippen LogP contribution in [0.2, 0.25) is 0 Å². The van der Waals surface area contributed by atoms with Crippen molar-refractivity contribution in [3.63, 3.8) is 0 Å². The molecule has 1 unspecified atom stereocenters. The second-order valence-corrected chi connectivity index (χ2v) is 2.77. The molecule has 0 heterocycles. The molecule has 1 aromatic carbocycles. The van der Waals surface area contributed by atoms with E-state index in [4.69, 9.17) is 0 Å². The second kappa shape index (κ2) is 4.05. The molecule has 0 saturated carbocycles. The average molecular weight is 164 g/mol. The van der Waals surface area contributed by atoms with Crippen molar-refractivity contribution < 1.29 is 4.39 Å². The van der Waals surface area contributed by atoms with Gasteiger partial charge in [-0.05, 0) is 18.1 Å². The van der Waals surface area contributed by atoms with Crippen molar-refractivity contribution in [1.29, 1.82) is 0 Å². The van der Waals surface area contributed by atoms with Gasteiger partial charge in [-0.15, -0.1) is 6.58 Å². The molecular formula is C11H13F. The zero-order valence-corrected chi connectivity index (χ0v) is 7.26. The SMILES string of the molecule is C=CC(CC)c1ccccc1F. The molecule has 1 aromatic rings. The summed E-state index contributed by atoms with van der Waals surface area (Å²) in [5, 5.41) is 0. The highest BCUT2D eigenvalue weighted by molar-refractivity contribution is 5.24. The Hall–Kier alpha value is -1.11. The Morgan fingerprint density at radius 1 is 1.50 bits per heavy atom. The van der Waals surface area contributed by atoms with Crippen molar-refractivity contribution >= 4 is 0 Å². The van der Waals surface area contributed by atoms with Gasteiger partial charge in [-0.3, -0.25) is 0 Å². The number of hydrogen-bond donors (Lipinski definition) is 0. The molecule has 0 N–H and O–H groups in total. The Labute approximate surface area is 72.7 Å². The van der Waals surface area contributed by atoms with E-state index in [1.54, 1.807) is 12.1 Å². The van der Waals surface area contributed by atoms with Crippen molar-refractivity contribution in [3.8, 4) is 0 Å². The summed E-state index contributed by atoms with van der Waals surface area (Å²) in [6, 6.07) is 6.85. The fourth-order valence-corrected chi connectivity index (χ4v) is 1.29. The molecule has 0 bridgehead atoms. The minimum absolute atomic E-state index is 0.135. The Balaban J connectivity index is 3.00. The highest BCUT2D eigenvalue weighted by Crippen LogP contribution is 2.22. The molecule has 0 saturated heterocycles. The van der Waals surface area contributed by atoms with Crippen LogP contribution < -0.4 is 0 Å². The van der Waals surface area contributed by atoms with E-state index in [1.807, 2.05) is 19.1 Å². The molecule has 1 atom stereocenters. The first kappa shape index (κ1) is 8.98. The number of halogens is 1.